The van der Waals surface area contributed by atoms with Gasteiger partial charge >= 0.3 is 6.03 Å². The van der Waals surface area contributed by atoms with Crippen LogP contribution in [0.25, 0.3) is 0 Å². The second-order valence-electron chi connectivity index (χ2n) is 8.70. The van der Waals surface area contributed by atoms with Gasteiger partial charge in [0, 0.05) is 22.0 Å². The monoisotopic (exact) mass is 461 g/mol. The number of benzene rings is 3. The zero-order valence-electron chi connectivity index (χ0n) is 18.6. The van der Waals surface area contributed by atoms with E-state index in [9.17, 15) is 9.59 Å². The molecule has 3 atom stereocenters. The topological polar surface area (TPSA) is 70.7 Å². The second-order valence-corrected chi connectivity index (χ2v) is 9.14. The van der Waals surface area contributed by atoms with Crippen molar-refractivity contribution >= 4 is 34.9 Å². The molecule has 2 N–H and O–H groups in total. The maximum atomic E-state index is 13.7. The molecule has 168 valence electrons. The summed E-state index contributed by atoms with van der Waals surface area (Å²) in [6.07, 6.45) is 0. The van der Waals surface area contributed by atoms with Crippen LogP contribution in [0.15, 0.2) is 66.7 Å². The van der Waals surface area contributed by atoms with Crippen molar-refractivity contribution in [2.24, 2.45) is 5.92 Å². The molecule has 2 aliphatic rings. The van der Waals surface area contributed by atoms with E-state index in [1.165, 1.54) is 0 Å². The number of amides is 3. The molecule has 0 aliphatic carbocycles. The summed E-state index contributed by atoms with van der Waals surface area (Å²) in [5.74, 6) is -0.329. The molecular formula is C26H24ClN3O3. The van der Waals surface area contributed by atoms with E-state index in [4.69, 9.17) is 16.3 Å². The van der Waals surface area contributed by atoms with Crippen LogP contribution in [0.1, 0.15) is 29.7 Å². The summed E-state index contributed by atoms with van der Waals surface area (Å²) in [7, 11) is 0. The fourth-order valence-electron chi connectivity index (χ4n) is 4.74. The Hall–Kier alpha value is -3.51. The van der Waals surface area contributed by atoms with Crippen molar-refractivity contribution < 1.29 is 14.3 Å². The van der Waals surface area contributed by atoms with Gasteiger partial charge in [0.25, 0.3) is 0 Å². The molecule has 2 bridgehead atoms. The second kappa shape index (κ2) is 7.81. The zero-order chi connectivity index (χ0) is 23.3. The van der Waals surface area contributed by atoms with Gasteiger partial charge in [-0.1, -0.05) is 35.9 Å². The molecular weight excluding hydrogens is 438 g/mol. The first kappa shape index (κ1) is 21.3. The van der Waals surface area contributed by atoms with Crippen molar-refractivity contribution in [3.8, 4) is 5.75 Å². The number of carbonyl (C=O) groups excluding carboxylic acids is 2. The SMILES string of the molecule is Cc1ccc(N2C(=O)NC3c4ccccc4OC2(C)C3C(=O)Nc2ccc(Cl)cc2)cc1C. The van der Waals surface area contributed by atoms with E-state index in [-0.39, 0.29) is 11.9 Å². The van der Waals surface area contributed by atoms with Gasteiger partial charge in [-0.05, 0) is 74.4 Å². The number of carbonyl (C=O) groups is 2. The minimum absolute atomic E-state index is 0.256. The molecule has 7 heteroatoms. The van der Waals surface area contributed by atoms with Crippen LogP contribution in [0.3, 0.4) is 0 Å². The molecule has 3 amide bonds. The number of anilines is 2. The van der Waals surface area contributed by atoms with Gasteiger partial charge in [-0.15, -0.1) is 0 Å². The Balaban J connectivity index is 1.61. The summed E-state index contributed by atoms with van der Waals surface area (Å²) in [6.45, 7) is 5.81. The van der Waals surface area contributed by atoms with E-state index in [0.717, 1.165) is 16.7 Å². The fraction of sp³-hybridized carbons (Fsp3) is 0.231. The highest BCUT2D eigenvalue weighted by molar-refractivity contribution is 6.30. The number of fused-ring (bicyclic) bond motifs is 4. The van der Waals surface area contributed by atoms with Crippen molar-refractivity contribution in [3.63, 3.8) is 0 Å². The molecule has 33 heavy (non-hydrogen) atoms. The normalized spacial score (nSPS) is 23.3. The predicted molar refractivity (Wildman–Crippen MR) is 129 cm³/mol. The third kappa shape index (κ3) is 3.51. The number of nitrogens with zero attached hydrogens (tertiary/aromatic N) is 1. The highest BCUT2D eigenvalue weighted by atomic mass is 35.5. The number of aryl methyl sites for hydroxylation is 2. The van der Waals surface area contributed by atoms with E-state index in [1.54, 1.807) is 36.1 Å². The maximum absolute atomic E-state index is 13.7. The van der Waals surface area contributed by atoms with E-state index in [1.807, 2.05) is 56.3 Å². The molecule has 0 saturated carbocycles. The lowest BCUT2D eigenvalue weighted by atomic mass is 9.78. The molecule has 3 aromatic carbocycles. The lowest BCUT2D eigenvalue weighted by Crippen LogP contribution is -2.72. The summed E-state index contributed by atoms with van der Waals surface area (Å²) in [6, 6.07) is 19.4. The van der Waals surface area contributed by atoms with Crippen LogP contribution in [0.2, 0.25) is 5.02 Å². The zero-order valence-corrected chi connectivity index (χ0v) is 19.3. The lowest BCUT2D eigenvalue weighted by molar-refractivity contribution is -0.131. The van der Waals surface area contributed by atoms with Crippen LogP contribution in [0.4, 0.5) is 16.2 Å². The van der Waals surface area contributed by atoms with Gasteiger partial charge in [-0.3, -0.25) is 9.69 Å². The summed E-state index contributed by atoms with van der Waals surface area (Å²) in [4.78, 5) is 28.6. The third-order valence-electron chi connectivity index (χ3n) is 6.55. The Kier molecular flexibility index (Phi) is 5.05. The minimum atomic E-state index is -1.25. The standard InChI is InChI=1S/C26H24ClN3O3/c1-15-8-13-19(14-16(15)2)30-25(32)29-23-20-6-4-5-7-21(20)33-26(30,3)22(23)24(31)28-18-11-9-17(27)10-12-18/h4-14,22-23H,1-3H3,(H,28,31)(H,29,32). The lowest BCUT2D eigenvalue weighted by Gasteiger charge is -2.54. The Bertz CT molecular complexity index is 1260. The quantitative estimate of drug-likeness (QED) is 0.534. The first-order valence-electron chi connectivity index (χ1n) is 10.8. The first-order valence-corrected chi connectivity index (χ1v) is 11.2. The van der Waals surface area contributed by atoms with Gasteiger partial charge in [0.05, 0.1) is 6.04 Å². The number of hydrogen-bond donors (Lipinski definition) is 2. The first-order chi connectivity index (χ1) is 15.8. The number of halogens is 1. The van der Waals surface area contributed by atoms with E-state index in [2.05, 4.69) is 10.6 Å². The van der Waals surface area contributed by atoms with Crippen molar-refractivity contribution in [2.45, 2.75) is 32.5 Å². The number of rotatable bonds is 3. The summed E-state index contributed by atoms with van der Waals surface area (Å²) in [5, 5.41) is 6.62. The van der Waals surface area contributed by atoms with Crippen molar-refractivity contribution in [1.82, 2.24) is 5.32 Å². The average Bonchev–Trinajstić information content (AvgIpc) is 2.77. The smallest absolute Gasteiger partial charge is 0.325 e. The highest BCUT2D eigenvalue weighted by Gasteiger charge is 2.60. The highest BCUT2D eigenvalue weighted by Crippen LogP contribution is 2.49. The van der Waals surface area contributed by atoms with Crippen LogP contribution in [-0.4, -0.2) is 17.7 Å². The Labute approximate surface area is 197 Å². The molecule has 1 fully saturated rings. The number of hydrogen-bond acceptors (Lipinski definition) is 3. The van der Waals surface area contributed by atoms with E-state index >= 15 is 0 Å². The molecule has 3 unspecified atom stereocenters. The van der Waals surface area contributed by atoms with Gasteiger partial charge in [0.1, 0.15) is 11.7 Å². The molecule has 6 nitrogen and oxygen atoms in total. The molecule has 0 radical (unpaired) electrons. The average molecular weight is 462 g/mol. The fourth-order valence-corrected chi connectivity index (χ4v) is 4.86. The van der Waals surface area contributed by atoms with Gasteiger partial charge in [0.15, 0.2) is 0 Å². The molecule has 2 aliphatic heterocycles. The Morgan fingerprint density at radius 1 is 1.06 bits per heavy atom. The summed E-state index contributed by atoms with van der Waals surface area (Å²) in [5.41, 5.74) is 2.98. The number of urea groups is 1. The third-order valence-corrected chi connectivity index (χ3v) is 6.80. The number of ether oxygens (including phenoxy) is 1. The minimum Gasteiger partial charge on any atom is -0.466 e. The Morgan fingerprint density at radius 2 is 1.79 bits per heavy atom. The van der Waals surface area contributed by atoms with Crippen LogP contribution in [0, 0.1) is 19.8 Å². The van der Waals surface area contributed by atoms with Crippen LogP contribution < -0.4 is 20.3 Å². The predicted octanol–water partition coefficient (Wildman–Crippen LogP) is 5.59. The van der Waals surface area contributed by atoms with E-state index in [0.29, 0.717) is 22.1 Å². The molecule has 3 aromatic rings. The van der Waals surface area contributed by atoms with Crippen molar-refractivity contribution in [3.05, 3.63) is 88.4 Å². The van der Waals surface area contributed by atoms with Crippen molar-refractivity contribution in [2.75, 3.05) is 10.2 Å². The number of nitrogens with one attached hydrogen (secondary N) is 2. The van der Waals surface area contributed by atoms with Crippen LogP contribution >= 0.6 is 11.6 Å². The van der Waals surface area contributed by atoms with Crippen LogP contribution in [0.5, 0.6) is 5.75 Å². The van der Waals surface area contributed by atoms with Gasteiger partial charge in [-0.25, -0.2) is 4.79 Å². The summed E-state index contributed by atoms with van der Waals surface area (Å²) >= 11 is 5.99. The van der Waals surface area contributed by atoms with Crippen molar-refractivity contribution in [1.29, 1.82) is 0 Å². The van der Waals surface area contributed by atoms with Gasteiger partial charge < -0.3 is 15.4 Å². The number of para-hydroxylation sites is 1. The maximum Gasteiger partial charge on any atom is 0.325 e. The molecule has 5 rings (SSSR count). The molecule has 2 heterocycles. The molecule has 0 aromatic heterocycles. The molecule has 0 spiro atoms. The van der Waals surface area contributed by atoms with Gasteiger partial charge in [0.2, 0.25) is 11.6 Å². The van der Waals surface area contributed by atoms with E-state index < -0.39 is 17.7 Å². The van der Waals surface area contributed by atoms with Crippen LogP contribution in [-0.2, 0) is 4.79 Å². The molecule has 1 saturated heterocycles. The Morgan fingerprint density at radius 3 is 2.52 bits per heavy atom. The summed E-state index contributed by atoms with van der Waals surface area (Å²) < 4.78 is 6.47. The largest absolute Gasteiger partial charge is 0.466 e. The van der Waals surface area contributed by atoms with Gasteiger partial charge in [-0.2, -0.15) is 0 Å².